The van der Waals surface area contributed by atoms with Crippen molar-refractivity contribution in [2.75, 3.05) is 5.75 Å². The summed E-state index contributed by atoms with van der Waals surface area (Å²) in [5, 5.41) is -13.8. The normalized spacial score (nSPS) is 14.6. The summed E-state index contributed by atoms with van der Waals surface area (Å²) >= 11 is 0. The van der Waals surface area contributed by atoms with Crippen LogP contribution in [0, 0.1) is 5.41 Å². The first-order chi connectivity index (χ1) is 14.9. The molecule has 0 saturated carbocycles. The average Bonchev–Trinajstić information content (AvgIpc) is 2.66. The highest BCUT2D eigenvalue weighted by molar-refractivity contribution is 7.92. The maximum Gasteiger partial charge on any atom is 0.450 e. The zero-order valence-corrected chi connectivity index (χ0v) is 19.9. The van der Waals surface area contributed by atoms with Crippen molar-refractivity contribution in [1.82, 2.24) is 0 Å². The van der Waals surface area contributed by atoms with Crippen LogP contribution in [0.2, 0.25) is 0 Å². The Hall–Kier alpha value is -1.92. The lowest BCUT2D eigenvalue weighted by molar-refractivity contribution is -0.247. The topological polar surface area (TPSA) is 149 Å². The maximum atomic E-state index is 13.8. The van der Waals surface area contributed by atoms with Crippen molar-refractivity contribution >= 4 is 35.9 Å². The number of alkyl halides is 6. The van der Waals surface area contributed by atoms with Crippen LogP contribution in [0.3, 0.4) is 0 Å². The molecule has 0 amide bonds. The number of carbonyl (C=O) groups excluding carboxylic acids is 1. The zero-order valence-electron chi connectivity index (χ0n) is 17.4. The van der Waals surface area contributed by atoms with E-state index in [-0.39, 0.29) is 0 Å². The van der Waals surface area contributed by atoms with Crippen molar-refractivity contribution in [1.29, 1.82) is 0 Å². The van der Waals surface area contributed by atoms with Crippen molar-refractivity contribution in [3.05, 3.63) is 24.3 Å². The van der Waals surface area contributed by atoms with Crippen LogP contribution in [-0.2, 0) is 34.9 Å². The smallest absolute Gasteiger partial charge is 0.378 e. The Labute approximate surface area is 190 Å². The van der Waals surface area contributed by atoms with E-state index in [0.717, 1.165) is 0 Å². The molecule has 18 heteroatoms. The number of Topliss-reactive ketones (excluding diaryl/α,β-unsaturated/α-hetero) is 1. The SMILES string of the molecule is CCC(C)(C)C(=O)CS(=O)(=O)c1ccc(OS(=O)(=O)C(F)(F)C(F)(F)C(F)(F)S(=O)(=O)O)cc1. The highest BCUT2D eigenvalue weighted by Crippen LogP contribution is 2.50. The van der Waals surface area contributed by atoms with Crippen LogP contribution in [0.1, 0.15) is 27.2 Å². The predicted octanol–water partition coefficient (Wildman–Crippen LogP) is 2.88. The maximum absolute atomic E-state index is 13.8. The van der Waals surface area contributed by atoms with E-state index >= 15 is 0 Å². The van der Waals surface area contributed by atoms with Crippen LogP contribution in [0.15, 0.2) is 29.2 Å². The summed E-state index contributed by atoms with van der Waals surface area (Å²) in [7, 11) is -18.6. The van der Waals surface area contributed by atoms with Gasteiger partial charge in [-0.25, -0.2) is 8.42 Å². The number of ketones is 1. The van der Waals surface area contributed by atoms with E-state index in [2.05, 4.69) is 4.18 Å². The van der Waals surface area contributed by atoms with Gasteiger partial charge < -0.3 is 4.18 Å². The third kappa shape index (κ3) is 5.33. The largest absolute Gasteiger partial charge is 0.450 e. The Morgan fingerprint density at radius 2 is 1.32 bits per heavy atom. The Morgan fingerprint density at radius 3 is 1.71 bits per heavy atom. The van der Waals surface area contributed by atoms with Gasteiger partial charge in [-0.3, -0.25) is 9.35 Å². The standard InChI is InChI=1S/C16H18F6O9S3/c1-4-13(2,3)12(23)9-32(24,25)11-7-5-10(6-8-11)31-34(29,30)16(21,22)14(17,18)15(19,20)33(26,27)28/h5-8H,4,9H2,1-3H3,(H,26,27,28). The average molecular weight is 565 g/mol. The summed E-state index contributed by atoms with van der Waals surface area (Å²) in [4.78, 5) is 11.5. The second-order valence-corrected chi connectivity index (χ2v) is 12.6. The van der Waals surface area contributed by atoms with E-state index in [1.807, 2.05) is 0 Å². The minimum absolute atomic E-state index is 0.293. The molecule has 1 aromatic rings. The van der Waals surface area contributed by atoms with Crippen LogP contribution in [0.25, 0.3) is 0 Å². The van der Waals surface area contributed by atoms with Crippen molar-refractivity contribution in [2.45, 2.75) is 48.5 Å². The van der Waals surface area contributed by atoms with E-state index in [9.17, 15) is 56.4 Å². The number of halogens is 6. The zero-order chi connectivity index (χ0) is 27.2. The first-order valence-corrected chi connectivity index (χ1v) is 13.3. The molecule has 0 atom stereocenters. The Kier molecular flexibility index (Phi) is 7.92. The van der Waals surface area contributed by atoms with E-state index in [0.29, 0.717) is 30.7 Å². The van der Waals surface area contributed by atoms with Gasteiger partial charge in [-0.15, -0.1) is 0 Å². The number of rotatable bonds is 11. The number of hydrogen-bond acceptors (Lipinski definition) is 8. The van der Waals surface area contributed by atoms with E-state index in [1.54, 1.807) is 6.92 Å². The molecule has 9 nitrogen and oxygen atoms in total. The van der Waals surface area contributed by atoms with E-state index < -0.39 is 74.1 Å². The quantitative estimate of drug-likeness (QED) is 0.243. The molecule has 0 aromatic heterocycles. The summed E-state index contributed by atoms with van der Waals surface area (Å²) in [6.07, 6.45) is 0.293. The molecule has 1 rings (SSSR count). The summed E-state index contributed by atoms with van der Waals surface area (Å²) in [6, 6.07) is 1.90. The lowest BCUT2D eigenvalue weighted by Crippen LogP contribution is -2.61. The molecule has 0 unspecified atom stereocenters. The first-order valence-electron chi connectivity index (χ1n) is 8.78. The fraction of sp³-hybridized carbons (Fsp3) is 0.562. The molecular weight excluding hydrogens is 546 g/mol. The highest BCUT2D eigenvalue weighted by atomic mass is 32.2. The summed E-state index contributed by atoms with van der Waals surface area (Å²) in [5.41, 5.74) is -1.01. The third-order valence-corrected chi connectivity index (χ3v) is 8.55. The van der Waals surface area contributed by atoms with Crippen LogP contribution in [-0.4, -0.2) is 57.8 Å². The van der Waals surface area contributed by atoms with Gasteiger partial charge in [-0.1, -0.05) is 20.8 Å². The van der Waals surface area contributed by atoms with Gasteiger partial charge in [0.25, 0.3) is 0 Å². The Morgan fingerprint density at radius 1 is 0.882 bits per heavy atom. The van der Waals surface area contributed by atoms with Gasteiger partial charge in [0.1, 0.15) is 11.5 Å². The third-order valence-electron chi connectivity index (χ3n) is 4.72. The van der Waals surface area contributed by atoms with Crippen LogP contribution >= 0.6 is 0 Å². The second kappa shape index (κ2) is 8.94. The van der Waals surface area contributed by atoms with Crippen LogP contribution < -0.4 is 4.18 Å². The molecule has 1 N–H and O–H groups in total. The molecule has 0 spiro atoms. The number of carbonyl (C=O) groups is 1. The molecule has 0 aliphatic heterocycles. The van der Waals surface area contributed by atoms with Crippen molar-refractivity contribution in [3.8, 4) is 5.75 Å². The molecule has 0 saturated heterocycles. The second-order valence-electron chi connectivity index (χ2n) is 7.51. The fourth-order valence-electron chi connectivity index (χ4n) is 2.02. The molecule has 0 heterocycles. The first kappa shape index (κ1) is 30.1. The van der Waals surface area contributed by atoms with Gasteiger partial charge in [0, 0.05) is 5.41 Å². The molecule has 0 fully saturated rings. The highest BCUT2D eigenvalue weighted by Gasteiger charge is 2.83. The van der Waals surface area contributed by atoms with Gasteiger partial charge in [0.15, 0.2) is 15.6 Å². The lowest BCUT2D eigenvalue weighted by Gasteiger charge is -2.29. The van der Waals surface area contributed by atoms with Crippen LogP contribution in [0.4, 0.5) is 26.3 Å². The van der Waals surface area contributed by atoms with Gasteiger partial charge >= 0.3 is 36.7 Å². The molecular formula is C16H18F6O9S3. The fourth-order valence-corrected chi connectivity index (χ4v) is 4.90. The van der Waals surface area contributed by atoms with Gasteiger partial charge in [0.05, 0.1) is 4.90 Å². The van der Waals surface area contributed by atoms with Crippen molar-refractivity contribution in [2.24, 2.45) is 5.41 Å². The van der Waals surface area contributed by atoms with E-state index in [4.69, 9.17) is 4.55 Å². The molecule has 196 valence electrons. The number of benzene rings is 1. The Bertz CT molecular complexity index is 1250. The van der Waals surface area contributed by atoms with Gasteiger partial charge in [-0.2, -0.15) is 43.2 Å². The molecule has 0 aliphatic rings. The van der Waals surface area contributed by atoms with Crippen LogP contribution in [0.5, 0.6) is 5.75 Å². The predicted molar refractivity (Wildman–Crippen MR) is 104 cm³/mol. The van der Waals surface area contributed by atoms with E-state index in [1.165, 1.54) is 13.8 Å². The van der Waals surface area contributed by atoms with Crippen molar-refractivity contribution < 1.29 is 65.1 Å². The molecule has 1 aromatic carbocycles. The molecule has 0 bridgehead atoms. The number of sulfone groups is 1. The van der Waals surface area contributed by atoms with Crippen molar-refractivity contribution in [3.63, 3.8) is 0 Å². The molecule has 34 heavy (non-hydrogen) atoms. The van der Waals surface area contributed by atoms with Gasteiger partial charge in [0.2, 0.25) is 0 Å². The Balaban J connectivity index is 3.27. The molecule has 0 aliphatic carbocycles. The summed E-state index contributed by atoms with van der Waals surface area (Å²) in [6.45, 7) is 4.59. The lowest BCUT2D eigenvalue weighted by atomic mass is 9.86. The molecule has 0 radical (unpaired) electrons. The summed E-state index contributed by atoms with van der Waals surface area (Å²) < 4.78 is 161. The monoisotopic (exact) mass is 564 g/mol. The number of hydrogen-bond donors (Lipinski definition) is 1. The summed E-state index contributed by atoms with van der Waals surface area (Å²) in [5.74, 6) is -10.1. The minimum Gasteiger partial charge on any atom is -0.378 e. The van der Waals surface area contributed by atoms with Gasteiger partial charge in [-0.05, 0) is 30.7 Å². The minimum atomic E-state index is -7.20.